The molecular formula is C20H14N4O3. The van der Waals surface area contributed by atoms with Crippen LogP contribution < -0.4 is 0 Å². The summed E-state index contributed by atoms with van der Waals surface area (Å²) in [7, 11) is 0. The molecule has 1 aromatic carbocycles. The van der Waals surface area contributed by atoms with Crippen LogP contribution in [0.5, 0.6) is 0 Å². The smallest absolute Gasteiger partial charge is 0.310 e. The summed E-state index contributed by atoms with van der Waals surface area (Å²) in [5.74, 6) is 0.517. The second-order valence-electron chi connectivity index (χ2n) is 6.15. The van der Waals surface area contributed by atoms with E-state index in [9.17, 15) is 4.79 Å². The van der Waals surface area contributed by atoms with Crippen molar-refractivity contribution in [3.8, 4) is 0 Å². The van der Waals surface area contributed by atoms with Crippen LogP contribution in [0.15, 0.2) is 81.2 Å². The van der Waals surface area contributed by atoms with Gasteiger partial charge >= 0.3 is 5.91 Å². The van der Waals surface area contributed by atoms with E-state index >= 15 is 0 Å². The fourth-order valence-electron chi connectivity index (χ4n) is 3.16. The SMILES string of the molecule is O=C(c1ccco1)N1N=C(c2ccco2)CC1c1cnc2ccccc2n1. The topological polar surface area (TPSA) is 84.7 Å². The molecule has 7 nitrogen and oxygen atoms in total. The summed E-state index contributed by atoms with van der Waals surface area (Å²) in [5.41, 5.74) is 2.92. The summed E-state index contributed by atoms with van der Waals surface area (Å²) in [6, 6.07) is 14.1. The molecule has 1 unspecified atom stereocenters. The number of fused-ring (bicyclic) bond motifs is 1. The van der Waals surface area contributed by atoms with Gasteiger partial charge in [-0.05, 0) is 36.4 Å². The molecule has 132 valence electrons. The second-order valence-corrected chi connectivity index (χ2v) is 6.15. The number of hydrogen-bond donors (Lipinski definition) is 0. The molecule has 0 aliphatic carbocycles. The van der Waals surface area contributed by atoms with Crippen LogP contribution in [0.1, 0.15) is 34.5 Å². The zero-order chi connectivity index (χ0) is 18.2. The molecule has 0 saturated heterocycles. The maximum atomic E-state index is 12.9. The third kappa shape index (κ3) is 2.69. The van der Waals surface area contributed by atoms with Crippen molar-refractivity contribution in [1.82, 2.24) is 15.0 Å². The molecule has 0 fully saturated rings. The Labute approximate surface area is 153 Å². The molecule has 0 bridgehead atoms. The normalized spacial score (nSPS) is 16.7. The highest BCUT2D eigenvalue weighted by atomic mass is 16.3. The third-order valence-corrected chi connectivity index (χ3v) is 4.46. The Hall–Kier alpha value is -3.74. The van der Waals surface area contributed by atoms with Gasteiger partial charge in [0.1, 0.15) is 17.5 Å². The number of para-hydroxylation sites is 2. The van der Waals surface area contributed by atoms with Gasteiger partial charge in [-0.3, -0.25) is 9.78 Å². The van der Waals surface area contributed by atoms with Crippen LogP contribution in [-0.4, -0.2) is 26.6 Å². The lowest BCUT2D eigenvalue weighted by atomic mass is 10.1. The average molecular weight is 358 g/mol. The minimum Gasteiger partial charge on any atom is -0.463 e. The number of nitrogens with zero attached hydrogens (tertiary/aromatic N) is 4. The number of rotatable bonds is 3. The van der Waals surface area contributed by atoms with E-state index in [1.807, 2.05) is 30.3 Å². The lowest BCUT2D eigenvalue weighted by Gasteiger charge is -2.20. The number of amides is 1. The summed E-state index contributed by atoms with van der Waals surface area (Å²) >= 11 is 0. The molecule has 1 atom stereocenters. The Morgan fingerprint density at radius 1 is 1.00 bits per heavy atom. The van der Waals surface area contributed by atoms with Gasteiger partial charge in [-0.15, -0.1) is 0 Å². The molecule has 5 rings (SSSR count). The van der Waals surface area contributed by atoms with Gasteiger partial charge in [0.2, 0.25) is 0 Å². The number of carbonyl (C=O) groups is 1. The van der Waals surface area contributed by atoms with Gasteiger partial charge in [-0.1, -0.05) is 12.1 Å². The van der Waals surface area contributed by atoms with Crippen molar-refractivity contribution < 1.29 is 13.6 Å². The van der Waals surface area contributed by atoms with E-state index < -0.39 is 0 Å². The first-order valence-corrected chi connectivity index (χ1v) is 8.50. The van der Waals surface area contributed by atoms with Crippen molar-refractivity contribution in [1.29, 1.82) is 0 Å². The monoisotopic (exact) mass is 358 g/mol. The molecule has 0 spiro atoms. The highest BCUT2D eigenvalue weighted by Gasteiger charge is 2.36. The van der Waals surface area contributed by atoms with Gasteiger partial charge in [-0.25, -0.2) is 9.99 Å². The van der Waals surface area contributed by atoms with Crippen LogP contribution in [0.3, 0.4) is 0 Å². The zero-order valence-corrected chi connectivity index (χ0v) is 14.1. The highest BCUT2D eigenvalue weighted by Crippen LogP contribution is 2.33. The summed E-state index contributed by atoms with van der Waals surface area (Å²) < 4.78 is 10.7. The van der Waals surface area contributed by atoms with E-state index in [2.05, 4.69) is 10.1 Å². The molecule has 1 amide bonds. The number of hydrogen-bond acceptors (Lipinski definition) is 6. The Bertz CT molecular complexity index is 1130. The van der Waals surface area contributed by atoms with E-state index in [0.717, 1.165) is 11.0 Å². The number of hydrazone groups is 1. The van der Waals surface area contributed by atoms with Crippen molar-refractivity contribution >= 4 is 22.7 Å². The fraction of sp³-hybridized carbons (Fsp3) is 0.100. The Balaban J connectivity index is 1.57. The first-order chi connectivity index (χ1) is 13.3. The molecule has 27 heavy (non-hydrogen) atoms. The van der Waals surface area contributed by atoms with Crippen molar-refractivity contribution in [2.45, 2.75) is 12.5 Å². The highest BCUT2D eigenvalue weighted by molar-refractivity contribution is 6.02. The van der Waals surface area contributed by atoms with Crippen LogP contribution >= 0.6 is 0 Å². The van der Waals surface area contributed by atoms with Crippen molar-refractivity contribution in [3.05, 3.63) is 84.5 Å². The van der Waals surface area contributed by atoms with Crippen molar-refractivity contribution in [2.75, 3.05) is 0 Å². The maximum Gasteiger partial charge on any atom is 0.310 e. The van der Waals surface area contributed by atoms with E-state index in [1.54, 1.807) is 30.7 Å². The van der Waals surface area contributed by atoms with Gasteiger partial charge in [0.05, 0.1) is 35.5 Å². The second kappa shape index (κ2) is 6.21. The van der Waals surface area contributed by atoms with Crippen molar-refractivity contribution in [2.24, 2.45) is 5.10 Å². The molecule has 4 heterocycles. The van der Waals surface area contributed by atoms with Gasteiger partial charge in [-0.2, -0.15) is 5.10 Å². The Morgan fingerprint density at radius 2 is 1.81 bits per heavy atom. The largest absolute Gasteiger partial charge is 0.463 e. The summed E-state index contributed by atoms with van der Waals surface area (Å²) in [4.78, 5) is 22.1. The van der Waals surface area contributed by atoms with Crippen LogP contribution in [0.2, 0.25) is 0 Å². The van der Waals surface area contributed by atoms with Crippen LogP contribution in [0.25, 0.3) is 11.0 Å². The standard InChI is InChI=1S/C20H14N4O3/c25-20(19-8-4-10-27-19)24-17(11-15(23-24)18-7-3-9-26-18)16-12-21-13-5-1-2-6-14(13)22-16/h1-10,12,17H,11H2. The van der Waals surface area contributed by atoms with Gasteiger partial charge in [0.25, 0.3) is 0 Å². The fourth-order valence-corrected chi connectivity index (χ4v) is 3.16. The van der Waals surface area contributed by atoms with E-state index in [1.165, 1.54) is 11.3 Å². The van der Waals surface area contributed by atoms with Crippen molar-refractivity contribution in [3.63, 3.8) is 0 Å². The molecule has 0 saturated carbocycles. The van der Waals surface area contributed by atoms with E-state index in [0.29, 0.717) is 23.6 Å². The third-order valence-electron chi connectivity index (χ3n) is 4.46. The summed E-state index contributed by atoms with van der Waals surface area (Å²) in [5, 5.41) is 5.90. The molecule has 0 radical (unpaired) electrons. The molecule has 1 aliphatic rings. The minimum atomic E-state index is -0.389. The Morgan fingerprint density at radius 3 is 2.59 bits per heavy atom. The number of aromatic nitrogens is 2. The predicted molar refractivity (Wildman–Crippen MR) is 97.0 cm³/mol. The molecule has 4 aromatic rings. The lowest BCUT2D eigenvalue weighted by Crippen LogP contribution is -2.27. The molecular weight excluding hydrogens is 344 g/mol. The van der Waals surface area contributed by atoms with Crippen LogP contribution in [0.4, 0.5) is 0 Å². The maximum absolute atomic E-state index is 12.9. The zero-order valence-electron chi connectivity index (χ0n) is 14.1. The van der Waals surface area contributed by atoms with Crippen LogP contribution in [-0.2, 0) is 0 Å². The number of benzene rings is 1. The molecule has 3 aromatic heterocycles. The minimum absolute atomic E-state index is 0.221. The summed E-state index contributed by atoms with van der Waals surface area (Å²) in [6.07, 6.45) is 5.22. The summed E-state index contributed by atoms with van der Waals surface area (Å²) in [6.45, 7) is 0. The first kappa shape index (κ1) is 15.5. The number of carbonyl (C=O) groups excluding carboxylic acids is 1. The number of furan rings is 2. The first-order valence-electron chi connectivity index (χ1n) is 8.50. The van der Waals surface area contributed by atoms with E-state index in [-0.39, 0.29) is 17.7 Å². The predicted octanol–water partition coefficient (Wildman–Crippen LogP) is 3.81. The van der Waals surface area contributed by atoms with Gasteiger partial charge in [0.15, 0.2) is 5.76 Å². The van der Waals surface area contributed by atoms with Crippen LogP contribution in [0, 0.1) is 0 Å². The molecule has 7 heteroatoms. The molecule has 0 N–H and O–H groups in total. The average Bonchev–Trinajstić information content (AvgIpc) is 3.48. The lowest BCUT2D eigenvalue weighted by molar-refractivity contribution is 0.0675. The quantitative estimate of drug-likeness (QED) is 0.556. The Kier molecular flexibility index (Phi) is 3.57. The van der Waals surface area contributed by atoms with Gasteiger partial charge in [0, 0.05) is 6.42 Å². The van der Waals surface area contributed by atoms with E-state index in [4.69, 9.17) is 13.8 Å². The van der Waals surface area contributed by atoms with Gasteiger partial charge < -0.3 is 8.83 Å². The molecule has 1 aliphatic heterocycles.